The normalized spacial score (nSPS) is 18.2. The summed E-state index contributed by atoms with van der Waals surface area (Å²) >= 11 is 0. The largest absolute Gasteiger partial charge is 0.480 e. The summed E-state index contributed by atoms with van der Waals surface area (Å²) in [6.45, 7) is 2.14. The van der Waals surface area contributed by atoms with E-state index >= 15 is 0 Å². The van der Waals surface area contributed by atoms with Crippen LogP contribution in [0.4, 0.5) is 0 Å². The van der Waals surface area contributed by atoms with Crippen molar-refractivity contribution in [3.63, 3.8) is 0 Å². The zero-order chi connectivity index (χ0) is 12.3. The first kappa shape index (κ1) is 12.1. The molecule has 1 aliphatic rings. The minimum atomic E-state index is -0.928. The Morgan fingerprint density at radius 3 is 2.82 bits per heavy atom. The van der Waals surface area contributed by atoms with Crippen molar-refractivity contribution in [2.45, 2.75) is 25.4 Å². The van der Waals surface area contributed by atoms with Gasteiger partial charge in [0.2, 0.25) is 0 Å². The predicted octanol–water partition coefficient (Wildman–Crippen LogP) is 0.847. The van der Waals surface area contributed by atoms with Gasteiger partial charge in [-0.05, 0) is 30.5 Å². The van der Waals surface area contributed by atoms with E-state index in [1.54, 1.807) is 0 Å². The van der Waals surface area contributed by atoms with Crippen molar-refractivity contribution in [3.05, 3.63) is 35.4 Å². The lowest BCUT2D eigenvalue weighted by Gasteiger charge is -2.22. The lowest BCUT2D eigenvalue weighted by Crippen LogP contribution is -2.42. The maximum atomic E-state index is 10.8. The number of rotatable bonds is 3. The number of nitrogens with two attached hydrogens (primary N) is 1. The molecule has 0 saturated heterocycles. The van der Waals surface area contributed by atoms with Gasteiger partial charge in [0.15, 0.2) is 0 Å². The van der Waals surface area contributed by atoms with Gasteiger partial charge in [0.25, 0.3) is 0 Å². The quantitative estimate of drug-likeness (QED) is 0.813. The third-order valence-corrected chi connectivity index (χ3v) is 3.20. The van der Waals surface area contributed by atoms with E-state index < -0.39 is 12.0 Å². The number of carboxylic acids is 1. The number of benzene rings is 1. The summed E-state index contributed by atoms with van der Waals surface area (Å²) in [5.74, 6) is -0.928. The molecule has 1 atom stereocenters. The van der Waals surface area contributed by atoms with Crippen molar-refractivity contribution in [2.24, 2.45) is 5.73 Å². The highest BCUT2D eigenvalue weighted by Gasteiger charge is 2.19. The Morgan fingerprint density at radius 1 is 1.41 bits per heavy atom. The molecule has 1 unspecified atom stereocenters. The minimum absolute atomic E-state index is 0.420. The van der Waals surface area contributed by atoms with Gasteiger partial charge in [0.05, 0.1) is 0 Å². The van der Waals surface area contributed by atoms with Crippen molar-refractivity contribution in [3.8, 4) is 0 Å². The Kier molecular flexibility index (Phi) is 3.76. The molecule has 1 aromatic rings. The van der Waals surface area contributed by atoms with Crippen LogP contribution in [-0.4, -0.2) is 35.1 Å². The standard InChI is InChI=1S/C13H18N2O2/c14-12(13(16)17)9-15-7-3-6-10-4-1-2-5-11(10)8-15/h1-2,4-5,12H,3,6-9,14H2,(H,16,17). The molecule has 4 nitrogen and oxygen atoms in total. The van der Waals surface area contributed by atoms with Crippen molar-refractivity contribution < 1.29 is 9.90 Å². The van der Waals surface area contributed by atoms with E-state index in [0.29, 0.717) is 6.54 Å². The van der Waals surface area contributed by atoms with Crippen molar-refractivity contribution in [2.75, 3.05) is 13.1 Å². The molecule has 4 heteroatoms. The second kappa shape index (κ2) is 5.29. The average molecular weight is 234 g/mol. The van der Waals surface area contributed by atoms with Gasteiger partial charge in [0.1, 0.15) is 6.04 Å². The molecule has 0 saturated carbocycles. The van der Waals surface area contributed by atoms with E-state index in [-0.39, 0.29) is 0 Å². The molecule has 0 spiro atoms. The lowest BCUT2D eigenvalue weighted by molar-refractivity contribution is -0.139. The van der Waals surface area contributed by atoms with Crippen molar-refractivity contribution in [1.82, 2.24) is 4.90 Å². The Hall–Kier alpha value is -1.39. The molecular formula is C13H18N2O2. The van der Waals surface area contributed by atoms with E-state index in [9.17, 15) is 4.79 Å². The number of carbonyl (C=O) groups is 1. The molecule has 0 aromatic heterocycles. The molecule has 92 valence electrons. The number of nitrogens with zero attached hydrogens (tertiary/aromatic N) is 1. The lowest BCUT2D eigenvalue weighted by atomic mass is 10.0. The van der Waals surface area contributed by atoms with E-state index in [4.69, 9.17) is 10.8 Å². The summed E-state index contributed by atoms with van der Waals surface area (Å²) in [5.41, 5.74) is 8.25. The molecule has 0 amide bonds. The van der Waals surface area contributed by atoms with Gasteiger partial charge in [-0.1, -0.05) is 24.3 Å². The number of hydrogen-bond donors (Lipinski definition) is 2. The maximum absolute atomic E-state index is 10.8. The predicted molar refractivity (Wildman–Crippen MR) is 65.7 cm³/mol. The fourth-order valence-corrected chi connectivity index (χ4v) is 2.28. The maximum Gasteiger partial charge on any atom is 0.321 e. The Labute approximate surface area is 101 Å². The van der Waals surface area contributed by atoms with E-state index in [1.807, 2.05) is 6.07 Å². The zero-order valence-corrected chi connectivity index (χ0v) is 9.80. The molecule has 1 aliphatic heterocycles. The first-order chi connectivity index (χ1) is 8.16. The summed E-state index contributed by atoms with van der Waals surface area (Å²) in [7, 11) is 0. The fraction of sp³-hybridized carbons (Fsp3) is 0.462. The Morgan fingerprint density at radius 2 is 2.12 bits per heavy atom. The van der Waals surface area contributed by atoms with Gasteiger partial charge in [-0.15, -0.1) is 0 Å². The highest BCUT2D eigenvalue weighted by Crippen LogP contribution is 2.18. The molecule has 0 fully saturated rings. The van der Waals surface area contributed by atoms with E-state index in [0.717, 1.165) is 25.9 Å². The second-order valence-corrected chi connectivity index (χ2v) is 4.55. The molecule has 1 heterocycles. The monoisotopic (exact) mass is 234 g/mol. The summed E-state index contributed by atoms with van der Waals surface area (Å²) in [4.78, 5) is 12.9. The highest BCUT2D eigenvalue weighted by atomic mass is 16.4. The molecule has 0 bridgehead atoms. The van der Waals surface area contributed by atoms with Crippen LogP contribution >= 0.6 is 0 Å². The number of fused-ring (bicyclic) bond motifs is 1. The average Bonchev–Trinajstić information content (AvgIpc) is 2.50. The summed E-state index contributed by atoms with van der Waals surface area (Å²) in [6.07, 6.45) is 2.12. The third-order valence-electron chi connectivity index (χ3n) is 3.20. The minimum Gasteiger partial charge on any atom is -0.480 e. The SMILES string of the molecule is NC(CN1CCCc2ccccc2C1)C(=O)O. The zero-order valence-electron chi connectivity index (χ0n) is 9.80. The van der Waals surface area contributed by atoms with Gasteiger partial charge in [-0.25, -0.2) is 0 Å². The van der Waals surface area contributed by atoms with Gasteiger partial charge in [-0.2, -0.15) is 0 Å². The molecule has 1 aromatic carbocycles. The first-order valence-corrected chi connectivity index (χ1v) is 5.94. The van der Waals surface area contributed by atoms with Gasteiger partial charge < -0.3 is 10.8 Å². The number of carboxylic acid groups (broad SMARTS) is 1. The van der Waals surface area contributed by atoms with Crippen LogP contribution in [0.25, 0.3) is 0 Å². The molecule has 0 aliphatic carbocycles. The molecule has 2 rings (SSSR count). The molecule has 17 heavy (non-hydrogen) atoms. The molecule has 3 N–H and O–H groups in total. The van der Waals surface area contributed by atoms with Crippen LogP contribution in [0.3, 0.4) is 0 Å². The fourth-order valence-electron chi connectivity index (χ4n) is 2.28. The number of hydrogen-bond acceptors (Lipinski definition) is 3. The van der Waals surface area contributed by atoms with E-state index in [2.05, 4.69) is 23.1 Å². The first-order valence-electron chi connectivity index (χ1n) is 5.94. The van der Waals surface area contributed by atoms with Crippen LogP contribution in [0.1, 0.15) is 17.5 Å². The number of aryl methyl sites for hydroxylation is 1. The van der Waals surface area contributed by atoms with Gasteiger partial charge >= 0.3 is 5.97 Å². The third kappa shape index (κ3) is 3.05. The van der Waals surface area contributed by atoms with Crippen LogP contribution in [0.5, 0.6) is 0 Å². The highest BCUT2D eigenvalue weighted by molar-refractivity contribution is 5.73. The summed E-state index contributed by atoms with van der Waals surface area (Å²) in [6, 6.07) is 7.55. The van der Waals surface area contributed by atoms with Crippen molar-refractivity contribution >= 4 is 5.97 Å². The van der Waals surface area contributed by atoms with Crippen LogP contribution in [0.15, 0.2) is 24.3 Å². The van der Waals surface area contributed by atoms with Gasteiger partial charge in [0, 0.05) is 13.1 Å². The van der Waals surface area contributed by atoms with Crippen LogP contribution < -0.4 is 5.73 Å². The summed E-state index contributed by atoms with van der Waals surface area (Å²) < 4.78 is 0. The molecular weight excluding hydrogens is 216 g/mol. The Bertz CT molecular complexity index is 406. The second-order valence-electron chi connectivity index (χ2n) is 4.55. The number of aliphatic carboxylic acids is 1. The van der Waals surface area contributed by atoms with Crippen molar-refractivity contribution in [1.29, 1.82) is 0 Å². The van der Waals surface area contributed by atoms with Gasteiger partial charge in [-0.3, -0.25) is 9.69 Å². The molecule has 0 radical (unpaired) electrons. The van der Waals surface area contributed by atoms with Crippen LogP contribution in [-0.2, 0) is 17.8 Å². The van der Waals surface area contributed by atoms with Crippen LogP contribution in [0.2, 0.25) is 0 Å². The van der Waals surface area contributed by atoms with Crippen LogP contribution in [0, 0.1) is 0 Å². The topological polar surface area (TPSA) is 66.6 Å². The Balaban J connectivity index is 2.05. The van der Waals surface area contributed by atoms with E-state index in [1.165, 1.54) is 11.1 Å². The smallest absolute Gasteiger partial charge is 0.321 e. The summed E-state index contributed by atoms with van der Waals surface area (Å²) in [5, 5.41) is 8.83.